The zero-order valence-electron chi connectivity index (χ0n) is 21.0. The molecule has 1 unspecified atom stereocenters. The van der Waals surface area contributed by atoms with Crippen LogP contribution < -0.4 is 10.6 Å². The molecule has 4 atom stereocenters. The molecule has 34 heavy (non-hydrogen) atoms. The second-order valence-corrected chi connectivity index (χ2v) is 12.1. The lowest BCUT2D eigenvalue weighted by Gasteiger charge is -2.41. The first-order valence-corrected chi connectivity index (χ1v) is 13.5. The molecule has 184 valence electrons. The molecule has 0 aromatic heterocycles. The number of carbonyl (C=O) groups excluding carboxylic acids is 2. The first-order chi connectivity index (χ1) is 16.3. The van der Waals surface area contributed by atoms with Crippen molar-refractivity contribution in [3.63, 3.8) is 0 Å². The van der Waals surface area contributed by atoms with Gasteiger partial charge in [-0.15, -0.1) is 0 Å². The maximum absolute atomic E-state index is 13.1. The maximum Gasteiger partial charge on any atom is 0.255 e. The van der Waals surface area contributed by atoms with Crippen molar-refractivity contribution in [3.8, 4) is 0 Å². The molecule has 3 fully saturated rings. The van der Waals surface area contributed by atoms with Gasteiger partial charge in [-0.05, 0) is 79.9 Å². The molecule has 1 aromatic rings. The Bertz CT molecular complexity index is 968. The van der Waals surface area contributed by atoms with Gasteiger partial charge in [0.2, 0.25) is 5.91 Å². The predicted molar refractivity (Wildman–Crippen MR) is 135 cm³/mol. The van der Waals surface area contributed by atoms with Gasteiger partial charge in [-0.3, -0.25) is 9.59 Å². The van der Waals surface area contributed by atoms with Gasteiger partial charge in [-0.2, -0.15) is 0 Å². The predicted octanol–water partition coefficient (Wildman–Crippen LogP) is 5.09. The molecule has 5 heteroatoms. The van der Waals surface area contributed by atoms with E-state index in [2.05, 4.69) is 43.2 Å². The zero-order valence-corrected chi connectivity index (χ0v) is 21.0. The highest BCUT2D eigenvalue weighted by molar-refractivity contribution is 6.01. The molecule has 2 N–H and O–H groups in total. The molecule has 1 saturated heterocycles. The molecule has 4 aliphatic rings. The van der Waals surface area contributed by atoms with E-state index in [1.54, 1.807) is 4.90 Å². The van der Waals surface area contributed by atoms with Gasteiger partial charge >= 0.3 is 0 Å². The number of hydrogen-bond acceptors (Lipinski definition) is 3. The van der Waals surface area contributed by atoms with Crippen molar-refractivity contribution in [2.24, 2.45) is 11.3 Å². The van der Waals surface area contributed by atoms with Gasteiger partial charge in [0.05, 0.1) is 0 Å². The summed E-state index contributed by atoms with van der Waals surface area (Å²) in [7, 11) is 0. The number of nitrogens with one attached hydrogen (secondary N) is 2. The second kappa shape index (κ2) is 9.49. The average molecular weight is 464 g/mol. The van der Waals surface area contributed by atoms with Gasteiger partial charge in [0.25, 0.3) is 5.91 Å². The van der Waals surface area contributed by atoms with Crippen LogP contribution in [0.3, 0.4) is 0 Å². The monoisotopic (exact) mass is 463 g/mol. The topological polar surface area (TPSA) is 61.4 Å². The average Bonchev–Trinajstić information content (AvgIpc) is 3.10. The highest BCUT2D eigenvalue weighted by Crippen LogP contribution is 2.37. The van der Waals surface area contributed by atoms with Gasteiger partial charge in [-0.1, -0.05) is 51.8 Å². The minimum atomic E-state index is -0.388. The fourth-order valence-electron chi connectivity index (χ4n) is 6.95. The molecule has 0 radical (unpaired) electrons. The summed E-state index contributed by atoms with van der Waals surface area (Å²) in [5.74, 6) is 0.547. The minimum Gasteiger partial charge on any atom is -0.329 e. The largest absolute Gasteiger partial charge is 0.329 e. The van der Waals surface area contributed by atoms with Crippen LogP contribution in [0, 0.1) is 11.3 Å². The van der Waals surface area contributed by atoms with E-state index in [4.69, 9.17) is 0 Å². The number of amides is 2. The van der Waals surface area contributed by atoms with Gasteiger partial charge in [0, 0.05) is 29.9 Å². The fourth-order valence-corrected chi connectivity index (χ4v) is 6.95. The molecule has 0 spiro atoms. The Morgan fingerprint density at radius 1 is 1.12 bits per heavy atom. The molecule has 2 heterocycles. The van der Waals surface area contributed by atoms with Crippen molar-refractivity contribution in [2.75, 3.05) is 0 Å². The Morgan fingerprint density at radius 2 is 1.94 bits per heavy atom. The molecule has 2 amide bonds. The van der Waals surface area contributed by atoms with Crippen molar-refractivity contribution < 1.29 is 9.59 Å². The van der Waals surface area contributed by atoms with E-state index in [0.717, 1.165) is 29.7 Å². The van der Waals surface area contributed by atoms with E-state index in [0.29, 0.717) is 36.4 Å². The van der Waals surface area contributed by atoms with Gasteiger partial charge < -0.3 is 15.5 Å². The third-order valence-electron chi connectivity index (χ3n) is 8.76. The van der Waals surface area contributed by atoms with Crippen molar-refractivity contribution in [1.29, 1.82) is 0 Å². The molecular formula is C29H41N3O2. The number of piperidine rings is 1. The summed E-state index contributed by atoms with van der Waals surface area (Å²) in [6.45, 7) is 9.23. The second-order valence-electron chi connectivity index (χ2n) is 12.1. The van der Waals surface area contributed by atoms with Crippen molar-refractivity contribution in [1.82, 2.24) is 15.5 Å². The van der Waals surface area contributed by atoms with Gasteiger partial charge in [0.1, 0.15) is 6.04 Å². The number of allylic oxidation sites excluding steroid dienone is 1. The zero-order chi connectivity index (χ0) is 23.9. The van der Waals surface area contributed by atoms with E-state index in [-0.39, 0.29) is 17.9 Å². The van der Waals surface area contributed by atoms with Crippen LogP contribution in [0.15, 0.2) is 30.5 Å². The highest BCUT2D eigenvalue weighted by Gasteiger charge is 2.38. The molecule has 0 bridgehead atoms. The first-order valence-electron chi connectivity index (χ1n) is 13.5. The van der Waals surface area contributed by atoms with Crippen LogP contribution in [0.2, 0.25) is 0 Å². The number of fused-ring (bicyclic) bond motifs is 1. The summed E-state index contributed by atoms with van der Waals surface area (Å²) < 4.78 is 0. The summed E-state index contributed by atoms with van der Waals surface area (Å²) in [6.07, 6.45) is 12.9. The van der Waals surface area contributed by atoms with Crippen LogP contribution in [0.1, 0.15) is 99.5 Å². The Hall–Kier alpha value is -2.14. The first kappa shape index (κ1) is 23.6. The SMILES string of the molecule is C=C1CCC(N2Cc3cc(C[C@H]4CCCC[C@@H]4N[C@H]4CCCC(C)(C)C4)ccc3C2=O)C(=O)N1. The van der Waals surface area contributed by atoms with E-state index in [1.807, 2.05) is 6.07 Å². The smallest absolute Gasteiger partial charge is 0.255 e. The molecule has 2 aliphatic heterocycles. The summed E-state index contributed by atoms with van der Waals surface area (Å²) >= 11 is 0. The summed E-state index contributed by atoms with van der Waals surface area (Å²) in [5.41, 5.74) is 4.39. The minimum absolute atomic E-state index is 0.00802. The van der Waals surface area contributed by atoms with Crippen LogP contribution in [0.4, 0.5) is 0 Å². The molecule has 5 rings (SSSR count). The van der Waals surface area contributed by atoms with Crippen molar-refractivity contribution >= 4 is 11.8 Å². The van der Waals surface area contributed by atoms with E-state index in [9.17, 15) is 9.59 Å². The normalized spacial score (nSPS) is 31.4. The Balaban J connectivity index is 1.25. The van der Waals surface area contributed by atoms with Crippen LogP contribution in [0.5, 0.6) is 0 Å². The Morgan fingerprint density at radius 3 is 2.74 bits per heavy atom. The molecule has 2 aliphatic carbocycles. The maximum atomic E-state index is 13.1. The summed E-state index contributed by atoms with van der Waals surface area (Å²) in [4.78, 5) is 27.3. The van der Waals surface area contributed by atoms with Gasteiger partial charge in [0.15, 0.2) is 0 Å². The number of benzene rings is 1. The lowest BCUT2D eigenvalue weighted by molar-refractivity contribution is -0.126. The van der Waals surface area contributed by atoms with Crippen LogP contribution in [-0.4, -0.2) is 34.8 Å². The lowest BCUT2D eigenvalue weighted by atomic mass is 9.74. The molecular weight excluding hydrogens is 422 g/mol. The standard InChI is InChI=1S/C29H41N3O2/c1-19-10-13-26(27(33)30-19)32-18-22-16-20(11-12-24(22)28(32)34)15-21-7-4-5-9-25(21)31-23-8-6-14-29(2,3)17-23/h11-12,16,21,23,25-26,31H,1,4-10,13-15,17-18H2,2-3H3,(H,30,33)/t21-,23+,25+,26?/m1/s1. The van der Waals surface area contributed by atoms with Crippen LogP contribution in [-0.2, 0) is 17.8 Å². The number of hydrogen-bond donors (Lipinski definition) is 2. The number of nitrogens with zero attached hydrogens (tertiary/aromatic N) is 1. The Labute approximate surface area is 204 Å². The number of rotatable bonds is 5. The summed E-state index contributed by atoms with van der Waals surface area (Å²) in [5, 5.41) is 6.92. The third kappa shape index (κ3) is 4.95. The molecule has 5 nitrogen and oxygen atoms in total. The third-order valence-corrected chi connectivity index (χ3v) is 8.76. The summed E-state index contributed by atoms with van der Waals surface area (Å²) in [6, 6.07) is 7.25. The van der Waals surface area contributed by atoms with E-state index < -0.39 is 0 Å². The quantitative estimate of drug-likeness (QED) is 0.639. The highest BCUT2D eigenvalue weighted by atomic mass is 16.2. The molecule has 1 aromatic carbocycles. The fraction of sp³-hybridized carbons (Fsp3) is 0.655. The van der Waals surface area contributed by atoms with E-state index in [1.165, 1.54) is 56.9 Å². The van der Waals surface area contributed by atoms with Crippen molar-refractivity contribution in [2.45, 2.75) is 109 Å². The lowest BCUT2D eigenvalue weighted by Crippen LogP contribution is -2.49. The van der Waals surface area contributed by atoms with E-state index >= 15 is 0 Å². The number of carbonyl (C=O) groups is 2. The van der Waals surface area contributed by atoms with Gasteiger partial charge in [-0.25, -0.2) is 0 Å². The van der Waals surface area contributed by atoms with Crippen molar-refractivity contribution in [3.05, 3.63) is 47.2 Å². The van der Waals surface area contributed by atoms with Crippen LogP contribution in [0.25, 0.3) is 0 Å². The Kier molecular flexibility index (Phi) is 6.58. The van der Waals surface area contributed by atoms with Crippen LogP contribution >= 0.6 is 0 Å². The molecule has 2 saturated carbocycles.